The maximum Gasteiger partial charge on any atom is 0.0602 e. The molecule has 0 aromatic heterocycles. The minimum absolute atomic E-state index is 0.581. The van der Waals surface area contributed by atoms with E-state index in [0.717, 1.165) is 17.8 Å². The molecule has 1 nitrogen and oxygen atoms in total. The third kappa shape index (κ3) is 0.800. The molecule has 0 radical (unpaired) electrons. The molecule has 3 aliphatic rings. The lowest BCUT2D eigenvalue weighted by Crippen LogP contribution is -2.44. The van der Waals surface area contributed by atoms with Crippen molar-refractivity contribution >= 4 is 0 Å². The number of hydrogen-bond acceptors (Lipinski definition) is 1. The zero-order chi connectivity index (χ0) is 7.14. The number of fused-ring (bicyclic) bond motifs is 2. The zero-order valence-electron chi connectivity index (χ0n) is 6.84. The van der Waals surface area contributed by atoms with Crippen LogP contribution in [0.2, 0.25) is 0 Å². The van der Waals surface area contributed by atoms with Gasteiger partial charge in [-0.25, -0.2) is 0 Å². The summed E-state index contributed by atoms with van der Waals surface area (Å²) >= 11 is 0. The molecule has 3 aliphatic carbocycles. The van der Waals surface area contributed by atoms with Gasteiger partial charge in [0.2, 0.25) is 0 Å². The van der Waals surface area contributed by atoms with Gasteiger partial charge in [-0.05, 0) is 37.0 Å². The Morgan fingerprint density at radius 3 is 2.30 bits per heavy atom. The van der Waals surface area contributed by atoms with Gasteiger partial charge in [0, 0.05) is 7.11 Å². The SMILES string of the molecule is COC1CC2CC(C2)C1C. The molecule has 0 aliphatic heterocycles. The van der Waals surface area contributed by atoms with Gasteiger partial charge in [-0.2, -0.15) is 0 Å². The van der Waals surface area contributed by atoms with Crippen molar-refractivity contribution in [1.82, 2.24) is 0 Å². The first kappa shape index (κ1) is 6.66. The predicted octanol–water partition coefficient (Wildman–Crippen LogP) is 2.07. The fourth-order valence-electron chi connectivity index (χ4n) is 2.57. The fourth-order valence-corrected chi connectivity index (χ4v) is 2.57. The Morgan fingerprint density at radius 1 is 1.20 bits per heavy atom. The Hall–Kier alpha value is -0.0400. The Bertz CT molecular complexity index is 127. The number of rotatable bonds is 1. The fraction of sp³-hybridized carbons (Fsp3) is 1.00. The van der Waals surface area contributed by atoms with Crippen LogP contribution in [0.15, 0.2) is 0 Å². The van der Waals surface area contributed by atoms with Crippen molar-refractivity contribution in [3.05, 3.63) is 0 Å². The minimum Gasteiger partial charge on any atom is -0.381 e. The van der Waals surface area contributed by atoms with Gasteiger partial charge in [0.15, 0.2) is 0 Å². The van der Waals surface area contributed by atoms with Crippen LogP contribution < -0.4 is 0 Å². The summed E-state index contributed by atoms with van der Waals surface area (Å²) in [4.78, 5) is 0. The summed E-state index contributed by atoms with van der Waals surface area (Å²) in [7, 11) is 1.85. The van der Waals surface area contributed by atoms with Crippen molar-refractivity contribution in [1.29, 1.82) is 0 Å². The average molecular weight is 140 g/mol. The summed E-state index contributed by atoms with van der Waals surface area (Å²) in [6.07, 6.45) is 4.88. The summed E-state index contributed by atoms with van der Waals surface area (Å²) in [6, 6.07) is 0. The zero-order valence-corrected chi connectivity index (χ0v) is 6.84. The third-order valence-corrected chi connectivity index (χ3v) is 3.47. The number of ether oxygens (including phenoxy) is 1. The van der Waals surface area contributed by atoms with Crippen LogP contribution >= 0.6 is 0 Å². The molecule has 3 rings (SSSR count). The van der Waals surface area contributed by atoms with Gasteiger partial charge in [0.05, 0.1) is 6.10 Å². The Balaban J connectivity index is 1.99. The molecule has 58 valence electrons. The van der Waals surface area contributed by atoms with Crippen molar-refractivity contribution in [2.24, 2.45) is 17.8 Å². The topological polar surface area (TPSA) is 9.23 Å². The maximum absolute atomic E-state index is 5.40. The van der Waals surface area contributed by atoms with E-state index in [4.69, 9.17) is 4.74 Å². The highest BCUT2D eigenvalue weighted by molar-refractivity contribution is 4.93. The molecule has 1 heteroatoms. The van der Waals surface area contributed by atoms with Gasteiger partial charge in [0.25, 0.3) is 0 Å². The van der Waals surface area contributed by atoms with Crippen molar-refractivity contribution in [3.8, 4) is 0 Å². The molecular formula is C9H16O. The lowest BCUT2D eigenvalue weighted by molar-refractivity contribution is -0.0738. The van der Waals surface area contributed by atoms with Gasteiger partial charge < -0.3 is 4.74 Å². The summed E-state index contributed by atoms with van der Waals surface area (Å²) in [5.41, 5.74) is 0. The van der Waals surface area contributed by atoms with Gasteiger partial charge in [-0.3, -0.25) is 0 Å². The van der Waals surface area contributed by atoms with Crippen LogP contribution in [0.25, 0.3) is 0 Å². The first-order chi connectivity index (χ1) is 4.81. The molecule has 0 spiro atoms. The van der Waals surface area contributed by atoms with Crippen molar-refractivity contribution in [3.63, 3.8) is 0 Å². The van der Waals surface area contributed by atoms with E-state index in [-0.39, 0.29) is 0 Å². The van der Waals surface area contributed by atoms with Crippen LogP contribution in [-0.4, -0.2) is 13.2 Å². The first-order valence-corrected chi connectivity index (χ1v) is 4.34. The van der Waals surface area contributed by atoms with E-state index in [0.29, 0.717) is 6.10 Å². The summed E-state index contributed by atoms with van der Waals surface area (Å²) in [5.74, 6) is 2.85. The van der Waals surface area contributed by atoms with E-state index >= 15 is 0 Å². The normalized spacial score (nSPS) is 52.2. The molecule has 2 unspecified atom stereocenters. The van der Waals surface area contributed by atoms with Crippen LogP contribution in [0, 0.1) is 17.8 Å². The second-order valence-corrected chi connectivity index (χ2v) is 3.97. The average Bonchev–Trinajstić information content (AvgIpc) is 1.85. The molecule has 2 bridgehead atoms. The van der Waals surface area contributed by atoms with Crippen LogP contribution in [-0.2, 0) is 4.74 Å². The smallest absolute Gasteiger partial charge is 0.0602 e. The Labute approximate surface area is 62.8 Å². The van der Waals surface area contributed by atoms with Crippen molar-refractivity contribution in [2.45, 2.75) is 32.3 Å². The highest BCUT2D eigenvalue weighted by Gasteiger charge is 2.43. The molecule has 0 aromatic rings. The molecule has 0 heterocycles. The van der Waals surface area contributed by atoms with E-state index in [1.165, 1.54) is 19.3 Å². The van der Waals surface area contributed by atoms with E-state index in [2.05, 4.69) is 6.92 Å². The Morgan fingerprint density at radius 2 is 1.90 bits per heavy atom. The molecule has 2 atom stereocenters. The van der Waals surface area contributed by atoms with E-state index in [9.17, 15) is 0 Å². The molecule has 10 heavy (non-hydrogen) atoms. The van der Waals surface area contributed by atoms with Gasteiger partial charge in [-0.15, -0.1) is 0 Å². The summed E-state index contributed by atoms with van der Waals surface area (Å²) in [6.45, 7) is 2.34. The number of hydrogen-bond donors (Lipinski definition) is 0. The van der Waals surface area contributed by atoms with Crippen LogP contribution in [0.4, 0.5) is 0 Å². The largest absolute Gasteiger partial charge is 0.381 e. The summed E-state index contributed by atoms with van der Waals surface area (Å²) < 4.78 is 5.40. The standard InChI is InChI=1S/C9H16O/c1-6-8-3-7(4-8)5-9(6)10-2/h6-9H,3-5H2,1-2H3. The van der Waals surface area contributed by atoms with Crippen molar-refractivity contribution < 1.29 is 4.74 Å². The van der Waals surface area contributed by atoms with Crippen LogP contribution in [0.3, 0.4) is 0 Å². The second-order valence-electron chi connectivity index (χ2n) is 3.97. The number of methoxy groups -OCH3 is 1. The molecule has 0 saturated heterocycles. The lowest BCUT2D eigenvalue weighted by atomic mass is 9.59. The van der Waals surface area contributed by atoms with Gasteiger partial charge >= 0.3 is 0 Å². The molecule has 3 saturated carbocycles. The quantitative estimate of drug-likeness (QED) is 0.541. The molecular weight excluding hydrogens is 124 g/mol. The van der Waals surface area contributed by atoms with E-state index in [1.807, 2.05) is 7.11 Å². The molecule has 3 fully saturated rings. The van der Waals surface area contributed by atoms with E-state index < -0.39 is 0 Å². The lowest BCUT2D eigenvalue weighted by Gasteiger charge is -2.49. The predicted molar refractivity (Wildman–Crippen MR) is 40.8 cm³/mol. The van der Waals surface area contributed by atoms with Crippen molar-refractivity contribution in [2.75, 3.05) is 7.11 Å². The van der Waals surface area contributed by atoms with Gasteiger partial charge in [-0.1, -0.05) is 6.92 Å². The molecule has 0 N–H and O–H groups in total. The van der Waals surface area contributed by atoms with Crippen LogP contribution in [0.1, 0.15) is 26.2 Å². The minimum atomic E-state index is 0.581. The molecule has 0 aromatic carbocycles. The monoisotopic (exact) mass is 140 g/mol. The van der Waals surface area contributed by atoms with E-state index in [1.54, 1.807) is 0 Å². The Kier molecular flexibility index (Phi) is 1.48. The second kappa shape index (κ2) is 2.23. The maximum atomic E-state index is 5.40. The third-order valence-electron chi connectivity index (χ3n) is 3.47. The summed E-state index contributed by atoms with van der Waals surface area (Å²) in [5, 5.41) is 0. The van der Waals surface area contributed by atoms with Gasteiger partial charge in [0.1, 0.15) is 0 Å². The highest BCUT2D eigenvalue weighted by Crippen LogP contribution is 2.49. The molecule has 0 amide bonds. The van der Waals surface area contributed by atoms with Crippen LogP contribution in [0.5, 0.6) is 0 Å². The first-order valence-electron chi connectivity index (χ1n) is 4.34. The highest BCUT2D eigenvalue weighted by atomic mass is 16.5.